The zero-order chi connectivity index (χ0) is 14.4. The Hall–Kier alpha value is -2.15. The van der Waals surface area contributed by atoms with Gasteiger partial charge in [0.2, 0.25) is 5.89 Å². The van der Waals surface area contributed by atoms with Crippen molar-refractivity contribution in [1.29, 1.82) is 0 Å². The number of hydrogen-bond acceptors (Lipinski definition) is 6. The molecule has 0 fully saturated rings. The Morgan fingerprint density at radius 3 is 2.95 bits per heavy atom. The number of benzene rings is 1. The molecule has 0 aliphatic heterocycles. The first-order valence-corrected chi connectivity index (χ1v) is 6.36. The molecule has 0 saturated carbocycles. The van der Waals surface area contributed by atoms with Crippen LogP contribution in [0.4, 0.5) is 16.1 Å². The van der Waals surface area contributed by atoms with E-state index in [1.54, 1.807) is 6.07 Å². The second-order valence-electron chi connectivity index (χ2n) is 4.15. The number of halogens is 1. The van der Waals surface area contributed by atoms with Crippen molar-refractivity contribution < 1.29 is 13.5 Å². The van der Waals surface area contributed by atoms with E-state index in [0.29, 0.717) is 23.9 Å². The van der Waals surface area contributed by atoms with Gasteiger partial charge in [0.25, 0.3) is 0 Å². The summed E-state index contributed by atoms with van der Waals surface area (Å²) in [5, 5.41) is 13.8. The number of anilines is 2. The molecule has 7 heteroatoms. The maximum Gasteiger partial charge on any atom is 0.320 e. The summed E-state index contributed by atoms with van der Waals surface area (Å²) in [7, 11) is 1.47. The summed E-state index contributed by atoms with van der Waals surface area (Å²) in [5.74, 6) is 0.485. The number of nitrogens with one attached hydrogen (secondary N) is 2. The van der Waals surface area contributed by atoms with Gasteiger partial charge < -0.3 is 19.8 Å². The molecule has 0 aliphatic carbocycles. The van der Waals surface area contributed by atoms with Gasteiger partial charge in [-0.05, 0) is 25.1 Å². The molecule has 108 valence electrons. The molecule has 2 rings (SSSR count). The topological polar surface area (TPSA) is 72.2 Å². The van der Waals surface area contributed by atoms with Crippen LogP contribution in [0.5, 0.6) is 5.75 Å². The molecule has 0 saturated heterocycles. The quantitative estimate of drug-likeness (QED) is 0.759. The van der Waals surface area contributed by atoms with Crippen molar-refractivity contribution in [3.05, 3.63) is 29.9 Å². The van der Waals surface area contributed by atoms with Crippen LogP contribution in [0, 0.1) is 5.82 Å². The average molecular weight is 280 g/mol. The molecule has 0 radical (unpaired) electrons. The van der Waals surface area contributed by atoms with Crippen molar-refractivity contribution in [2.45, 2.75) is 19.9 Å². The third-order valence-electron chi connectivity index (χ3n) is 2.58. The molecule has 1 aromatic carbocycles. The van der Waals surface area contributed by atoms with Crippen LogP contribution >= 0.6 is 0 Å². The van der Waals surface area contributed by atoms with Crippen molar-refractivity contribution in [2.24, 2.45) is 0 Å². The predicted octanol–water partition coefficient (Wildman–Crippen LogP) is 2.46. The zero-order valence-corrected chi connectivity index (χ0v) is 11.4. The molecule has 1 heterocycles. The van der Waals surface area contributed by atoms with Crippen LogP contribution in [0.15, 0.2) is 22.6 Å². The molecule has 0 unspecified atom stereocenters. The third-order valence-corrected chi connectivity index (χ3v) is 2.58. The van der Waals surface area contributed by atoms with E-state index in [4.69, 9.17) is 9.15 Å². The minimum atomic E-state index is -0.373. The van der Waals surface area contributed by atoms with Crippen molar-refractivity contribution in [1.82, 2.24) is 15.5 Å². The largest absolute Gasteiger partial charge is 0.494 e. The van der Waals surface area contributed by atoms with Crippen molar-refractivity contribution in [3.8, 4) is 5.75 Å². The van der Waals surface area contributed by atoms with Crippen LogP contribution in [0.1, 0.15) is 19.2 Å². The first-order chi connectivity index (χ1) is 9.72. The van der Waals surface area contributed by atoms with Crippen LogP contribution < -0.4 is 15.4 Å². The van der Waals surface area contributed by atoms with Crippen LogP contribution in [-0.2, 0) is 6.54 Å². The Morgan fingerprint density at radius 2 is 2.20 bits per heavy atom. The predicted molar refractivity (Wildman–Crippen MR) is 72.5 cm³/mol. The fraction of sp³-hybridized carbons (Fsp3) is 0.385. The Morgan fingerprint density at radius 1 is 1.35 bits per heavy atom. The molecule has 2 N–H and O–H groups in total. The molecule has 2 aromatic rings. The first-order valence-electron chi connectivity index (χ1n) is 6.36. The maximum absolute atomic E-state index is 13.1. The molecule has 6 nitrogen and oxygen atoms in total. The van der Waals surface area contributed by atoms with Gasteiger partial charge in [0.15, 0.2) is 0 Å². The molecule has 0 amide bonds. The molecule has 0 atom stereocenters. The summed E-state index contributed by atoms with van der Waals surface area (Å²) >= 11 is 0. The van der Waals surface area contributed by atoms with E-state index < -0.39 is 0 Å². The summed E-state index contributed by atoms with van der Waals surface area (Å²) in [5.41, 5.74) is 0.561. The van der Waals surface area contributed by atoms with E-state index >= 15 is 0 Å². The summed E-state index contributed by atoms with van der Waals surface area (Å²) in [6.45, 7) is 3.48. The molecule has 1 aromatic heterocycles. The van der Waals surface area contributed by atoms with Gasteiger partial charge in [-0.2, -0.15) is 0 Å². The monoisotopic (exact) mass is 280 g/mol. The molecular weight excluding hydrogens is 263 g/mol. The Labute approximate surface area is 116 Å². The van der Waals surface area contributed by atoms with Gasteiger partial charge in [-0.3, -0.25) is 0 Å². The van der Waals surface area contributed by atoms with Gasteiger partial charge in [-0.1, -0.05) is 12.0 Å². The highest BCUT2D eigenvalue weighted by Gasteiger charge is 2.09. The van der Waals surface area contributed by atoms with Crippen LogP contribution in [-0.4, -0.2) is 23.9 Å². The number of aromatic nitrogens is 2. The van der Waals surface area contributed by atoms with E-state index in [9.17, 15) is 4.39 Å². The van der Waals surface area contributed by atoms with Crippen LogP contribution in [0.3, 0.4) is 0 Å². The van der Waals surface area contributed by atoms with Gasteiger partial charge >= 0.3 is 6.01 Å². The summed E-state index contributed by atoms with van der Waals surface area (Å²) in [6, 6.07) is 4.39. The number of nitrogens with zero attached hydrogens (tertiary/aromatic N) is 2. The van der Waals surface area contributed by atoms with Crippen LogP contribution in [0.25, 0.3) is 0 Å². The highest BCUT2D eigenvalue weighted by molar-refractivity contribution is 5.61. The first kappa shape index (κ1) is 14.3. The molecule has 0 bridgehead atoms. The van der Waals surface area contributed by atoms with E-state index in [0.717, 1.165) is 13.0 Å². The molecule has 20 heavy (non-hydrogen) atoms. The van der Waals surface area contributed by atoms with Gasteiger partial charge in [0, 0.05) is 6.07 Å². The third kappa shape index (κ3) is 3.67. The normalized spacial score (nSPS) is 10.6. The summed E-state index contributed by atoms with van der Waals surface area (Å²) in [6.07, 6.45) is 1.03. The highest BCUT2D eigenvalue weighted by Crippen LogP contribution is 2.27. The number of methoxy groups -OCH3 is 1. The Bertz CT molecular complexity index is 559. The summed E-state index contributed by atoms with van der Waals surface area (Å²) in [4.78, 5) is 0. The van der Waals surface area contributed by atoms with E-state index in [1.807, 2.05) is 0 Å². The fourth-order valence-electron chi connectivity index (χ4n) is 1.63. The minimum Gasteiger partial charge on any atom is -0.494 e. The smallest absolute Gasteiger partial charge is 0.320 e. The number of rotatable bonds is 7. The highest BCUT2D eigenvalue weighted by atomic mass is 19.1. The van der Waals surface area contributed by atoms with Gasteiger partial charge in [0.05, 0.1) is 19.3 Å². The Kier molecular flexibility index (Phi) is 4.89. The lowest BCUT2D eigenvalue weighted by Crippen LogP contribution is -2.13. The second-order valence-corrected chi connectivity index (χ2v) is 4.15. The van der Waals surface area contributed by atoms with Crippen LogP contribution in [0.2, 0.25) is 0 Å². The zero-order valence-electron chi connectivity index (χ0n) is 11.4. The van der Waals surface area contributed by atoms with Crippen molar-refractivity contribution in [2.75, 3.05) is 19.0 Å². The summed E-state index contributed by atoms with van der Waals surface area (Å²) < 4.78 is 23.6. The van der Waals surface area contributed by atoms with E-state index in [2.05, 4.69) is 27.8 Å². The number of ether oxygens (including phenoxy) is 1. The standard InChI is InChI=1S/C13H17FN4O2/c1-3-6-15-8-12-17-18-13(20-12)16-10-5-4-9(14)7-11(10)19-2/h4-5,7,15H,3,6,8H2,1-2H3,(H,16,18). The fourth-order valence-corrected chi connectivity index (χ4v) is 1.63. The van der Waals surface area contributed by atoms with Gasteiger partial charge in [-0.25, -0.2) is 4.39 Å². The average Bonchev–Trinajstić information content (AvgIpc) is 2.89. The lowest BCUT2D eigenvalue weighted by molar-refractivity contribution is 0.412. The SMILES string of the molecule is CCCNCc1nnc(Nc2ccc(F)cc2OC)o1. The molecule has 0 spiro atoms. The Balaban J connectivity index is 2.03. The van der Waals surface area contributed by atoms with E-state index in [-0.39, 0.29) is 11.8 Å². The number of hydrogen-bond donors (Lipinski definition) is 2. The van der Waals surface area contributed by atoms with Crippen molar-refractivity contribution in [3.63, 3.8) is 0 Å². The molecular formula is C13H17FN4O2. The van der Waals surface area contributed by atoms with Gasteiger partial charge in [0.1, 0.15) is 11.6 Å². The van der Waals surface area contributed by atoms with Crippen molar-refractivity contribution >= 4 is 11.7 Å². The van der Waals surface area contributed by atoms with E-state index in [1.165, 1.54) is 19.2 Å². The lowest BCUT2D eigenvalue weighted by atomic mass is 10.3. The second kappa shape index (κ2) is 6.85. The maximum atomic E-state index is 13.1. The van der Waals surface area contributed by atoms with Gasteiger partial charge in [-0.15, -0.1) is 5.10 Å². The molecule has 0 aliphatic rings. The minimum absolute atomic E-state index is 0.239. The lowest BCUT2D eigenvalue weighted by Gasteiger charge is -2.07.